The average molecular weight is 276 g/mol. The lowest BCUT2D eigenvalue weighted by Crippen LogP contribution is -2.38. The maximum atomic E-state index is 11.4. The second-order valence-corrected chi connectivity index (χ2v) is 6.65. The third-order valence-electron chi connectivity index (χ3n) is 2.34. The lowest BCUT2D eigenvalue weighted by atomic mass is 10.4. The van der Waals surface area contributed by atoms with E-state index in [1.54, 1.807) is 0 Å². The molecule has 0 amide bonds. The number of nitrogens with zero attached hydrogens (tertiary/aromatic N) is 2. The number of hydrogen-bond acceptors (Lipinski definition) is 4. The Morgan fingerprint density at radius 3 is 1.32 bits per heavy atom. The Balaban J connectivity index is 3.73. The van der Waals surface area contributed by atoms with Crippen LogP contribution in [0.4, 0.5) is 0 Å². The summed E-state index contributed by atoms with van der Waals surface area (Å²) in [6, 6.07) is 0. The van der Waals surface area contributed by atoms with E-state index in [0.717, 1.165) is 0 Å². The highest BCUT2D eigenvalue weighted by Crippen LogP contribution is 1.96. The average Bonchev–Trinajstić information content (AvgIpc) is 2.12. The number of likely N-dealkylation sites (N-methyl/N-ethyl adjacent to an activating group) is 2. The molecule has 6 heteroatoms. The quantitative estimate of drug-likeness (QED) is 0.352. The molecule has 0 rings (SSSR count). The zero-order chi connectivity index (χ0) is 15.1. The van der Waals surface area contributed by atoms with Crippen LogP contribution in [0.25, 0.3) is 0 Å². The molecular formula is C13H28N2O4+2. The largest absolute Gasteiger partial charge is 0.459 e. The van der Waals surface area contributed by atoms with Gasteiger partial charge in [0.2, 0.25) is 0 Å². The van der Waals surface area contributed by atoms with Gasteiger partial charge in [-0.25, -0.2) is 0 Å². The second kappa shape index (κ2) is 7.45. The molecule has 0 aliphatic heterocycles. The summed E-state index contributed by atoms with van der Waals surface area (Å²) in [4.78, 5) is 22.7. The highest BCUT2D eigenvalue weighted by molar-refractivity contribution is 5.91. The SMILES string of the molecule is C[N+](C)(C)CCOC(=O)CC(=O)OCC[N+](C)(C)C. The van der Waals surface area contributed by atoms with Gasteiger partial charge in [0.15, 0.2) is 0 Å². The molecular weight excluding hydrogens is 248 g/mol. The maximum absolute atomic E-state index is 11.4. The van der Waals surface area contributed by atoms with Crippen molar-refractivity contribution in [3.05, 3.63) is 0 Å². The lowest BCUT2D eigenvalue weighted by molar-refractivity contribution is -0.870. The Morgan fingerprint density at radius 1 is 0.737 bits per heavy atom. The first-order valence-corrected chi connectivity index (χ1v) is 6.42. The first-order valence-electron chi connectivity index (χ1n) is 6.42. The summed E-state index contributed by atoms with van der Waals surface area (Å²) in [7, 11) is 12.0. The molecule has 0 aromatic rings. The first-order chi connectivity index (χ1) is 8.49. The van der Waals surface area contributed by atoms with E-state index in [0.29, 0.717) is 35.3 Å². The van der Waals surface area contributed by atoms with Crippen LogP contribution in [0.15, 0.2) is 0 Å². The summed E-state index contributed by atoms with van der Waals surface area (Å²) in [5, 5.41) is 0. The summed E-state index contributed by atoms with van der Waals surface area (Å²) in [5.41, 5.74) is 0. The molecule has 0 aliphatic rings. The van der Waals surface area contributed by atoms with Crippen LogP contribution in [0, 0.1) is 0 Å². The van der Waals surface area contributed by atoms with E-state index in [1.165, 1.54) is 0 Å². The molecule has 0 radical (unpaired) electrons. The molecule has 6 nitrogen and oxygen atoms in total. The van der Waals surface area contributed by atoms with Crippen molar-refractivity contribution >= 4 is 11.9 Å². The number of ether oxygens (including phenoxy) is 2. The number of esters is 2. The zero-order valence-corrected chi connectivity index (χ0v) is 13.1. The monoisotopic (exact) mass is 276 g/mol. The van der Waals surface area contributed by atoms with E-state index in [-0.39, 0.29) is 6.42 Å². The third-order valence-corrected chi connectivity index (χ3v) is 2.34. The van der Waals surface area contributed by atoms with E-state index < -0.39 is 11.9 Å². The molecule has 0 bridgehead atoms. The van der Waals surface area contributed by atoms with Crippen molar-refractivity contribution in [1.29, 1.82) is 0 Å². The smallest absolute Gasteiger partial charge is 0.317 e. The number of carbonyl (C=O) groups is 2. The Hall–Kier alpha value is -1.14. The third kappa shape index (κ3) is 13.1. The van der Waals surface area contributed by atoms with E-state index in [9.17, 15) is 9.59 Å². The van der Waals surface area contributed by atoms with Crippen molar-refractivity contribution < 1.29 is 28.0 Å². The van der Waals surface area contributed by atoms with Gasteiger partial charge in [-0.1, -0.05) is 0 Å². The van der Waals surface area contributed by atoms with Crippen LogP contribution < -0.4 is 0 Å². The Bertz CT molecular complexity index is 273. The summed E-state index contributed by atoms with van der Waals surface area (Å²) < 4.78 is 11.4. The van der Waals surface area contributed by atoms with Crippen LogP contribution in [0.5, 0.6) is 0 Å². The molecule has 0 heterocycles. The summed E-state index contributed by atoms with van der Waals surface area (Å²) in [6.07, 6.45) is -0.311. The molecule has 0 spiro atoms. The van der Waals surface area contributed by atoms with E-state index in [4.69, 9.17) is 9.47 Å². The molecule has 0 fully saturated rings. The van der Waals surface area contributed by atoms with Crippen LogP contribution in [-0.4, -0.2) is 89.5 Å². The predicted molar refractivity (Wildman–Crippen MR) is 72.3 cm³/mol. The molecule has 0 unspecified atom stereocenters. The van der Waals surface area contributed by atoms with Crippen molar-refractivity contribution in [3.63, 3.8) is 0 Å². The number of carbonyl (C=O) groups excluding carboxylic acids is 2. The number of quaternary nitrogens is 2. The predicted octanol–water partition coefficient (Wildman–Crippen LogP) is -0.125. The Labute approximate surface area is 116 Å². The van der Waals surface area contributed by atoms with E-state index in [1.807, 2.05) is 42.3 Å². The minimum absolute atomic E-state index is 0.311. The fourth-order valence-electron chi connectivity index (χ4n) is 1.09. The molecule has 0 aromatic heterocycles. The van der Waals surface area contributed by atoms with Crippen molar-refractivity contribution in [1.82, 2.24) is 0 Å². The highest BCUT2D eigenvalue weighted by atomic mass is 16.6. The van der Waals surface area contributed by atoms with Gasteiger partial charge in [-0.15, -0.1) is 0 Å². The fraction of sp³-hybridized carbons (Fsp3) is 0.846. The molecule has 0 aromatic carbocycles. The van der Waals surface area contributed by atoms with Crippen molar-refractivity contribution in [2.75, 3.05) is 68.6 Å². The van der Waals surface area contributed by atoms with Crippen LogP contribution in [0.1, 0.15) is 6.42 Å². The number of rotatable bonds is 8. The minimum Gasteiger partial charge on any atom is -0.459 e. The van der Waals surface area contributed by atoms with Gasteiger partial charge < -0.3 is 18.4 Å². The van der Waals surface area contributed by atoms with Gasteiger partial charge in [-0.05, 0) is 0 Å². The molecule has 0 aliphatic carbocycles. The molecule has 19 heavy (non-hydrogen) atoms. The van der Waals surface area contributed by atoms with Crippen LogP contribution in [0.2, 0.25) is 0 Å². The van der Waals surface area contributed by atoms with Gasteiger partial charge >= 0.3 is 11.9 Å². The van der Waals surface area contributed by atoms with Gasteiger partial charge in [0.05, 0.1) is 42.3 Å². The lowest BCUT2D eigenvalue weighted by Gasteiger charge is -2.23. The molecule has 0 N–H and O–H groups in total. The highest BCUT2D eigenvalue weighted by Gasteiger charge is 2.15. The minimum atomic E-state index is -0.524. The molecule has 0 saturated carbocycles. The summed E-state index contributed by atoms with van der Waals surface area (Å²) >= 11 is 0. The van der Waals surface area contributed by atoms with Crippen molar-refractivity contribution in [2.45, 2.75) is 6.42 Å². The van der Waals surface area contributed by atoms with Crippen LogP contribution >= 0.6 is 0 Å². The van der Waals surface area contributed by atoms with Gasteiger partial charge in [-0.3, -0.25) is 9.59 Å². The number of hydrogen-bond donors (Lipinski definition) is 0. The maximum Gasteiger partial charge on any atom is 0.317 e. The van der Waals surface area contributed by atoms with Crippen molar-refractivity contribution in [2.24, 2.45) is 0 Å². The Kier molecular flexibility index (Phi) is 7.00. The Morgan fingerprint density at radius 2 is 1.05 bits per heavy atom. The summed E-state index contributed by atoms with van der Waals surface area (Å²) in [6.45, 7) is 2.05. The summed E-state index contributed by atoms with van der Waals surface area (Å²) in [5.74, 6) is -1.05. The van der Waals surface area contributed by atoms with Crippen LogP contribution in [0.3, 0.4) is 0 Å². The molecule has 112 valence electrons. The zero-order valence-electron chi connectivity index (χ0n) is 13.1. The van der Waals surface area contributed by atoms with Gasteiger partial charge in [0.1, 0.15) is 32.7 Å². The van der Waals surface area contributed by atoms with Gasteiger partial charge in [-0.2, -0.15) is 0 Å². The fourth-order valence-corrected chi connectivity index (χ4v) is 1.09. The molecule has 0 atom stereocenters. The van der Waals surface area contributed by atoms with E-state index >= 15 is 0 Å². The van der Waals surface area contributed by atoms with E-state index in [2.05, 4.69) is 0 Å². The topological polar surface area (TPSA) is 52.6 Å². The second-order valence-electron chi connectivity index (χ2n) is 6.65. The standard InChI is InChI=1S/C13H28N2O4/c1-14(2,3)7-9-18-12(16)11-13(17)19-10-8-15(4,5)6/h7-11H2,1-6H3/q+2. The van der Waals surface area contributed by atoms with Crippen molar-refractivity contribution in [3.8, 4) is 0 Å². The van der Waals surface area contributed by atoms with Crippen LogP contribution in [-0.2, 0) is 19.1 Å². The van der Waals surface area contributed by atoms with Gasteiger partial charge in [0.25, 0.3) is 0 Å². The molecule has 0 saturated heterocycles. The first kappa shape index (κ1) is 17.9. The van der Waals surface area contributed by atoms with Gasteiger partial charge in [0, 0.05) is 0 Å². The normalized spacial score (nSPS) is 12.1.